The number of nitrogens with zero attached hydrogens (tertiary/aromatic N) is 3. The molecule has 160 valence electrons. The molecule has 2 aliphatic carbocycles. The average molecular weight is 405 g/mol. The second kappa shape index (κ2) is 8.56. The zero-order valence-electron chi connectivity index (χ0n) is 17.4. The molecule has 0 atom stereocenters. The smallest absolute Gasteiger partial charge is 0.316 e. The lowest BCUT2D eigenvalue weighted by Crippen LogP contribution is -2.49. The molecule has 0 amide bonds. The first-order valence-electron chi connectivity index (χ1n) is 11.0. The summed E-state index contributed by atoms with van der Waals surface area (Å²) in [6.07, 6.45) is 11.9. The van der Waals surface area contributed by atoms with Crippen molar-refractivity contribution in [3.63, 3.8) is 0 Å². The first-order chi connectivity index (χ1) is 14.0. The molecule has 6 nitrogen and oxygen atoms in total. The molecule has 4 rings (SSSR count). The van der Waals surface area contributed by atoms with Crippen molar-refractivity contribution in [1.82, 2.24) is 20.2 Å². The Balaban J connectivity index is 1.34. The Labute approximate surface area is 172 Å². The highest BCUT2D eigenvalue weighted by Crippen LogP contribution is 2.52. The van der Waals surface area contributed by atoms with Gasteiger partial charge in [-0.15, -0.1) is 0 Å². The fourth-order valence-corrected chi connectivity index (χ4v) is 4.28. The van der Waals surface area contributed by atoms with E-state index in [4.69, 9.17) is 4.74 Å². The molecular formula is C22H33FN4O2. The van der Waals surface area contributed by atoms with Crippen molar-refractivity contribution in [3.05, 3.63) is 30.0 Å². The number of rotatable bonds is 10. The molecule has 3 aliphatic rings. The summed E-state index contributed by atoms with van der Waals surface area (Å²) in [5.41, 5.74) is 0.0373. The number of ether oxygens (including phenoxy) is 1. The lowest BCUT2D eigenvalue weighted by atomic mass is 9.78. The lowest BCUT2D eigenvalue weighted by molar-refractivity contribution is 0.0415. The number of aliphatic hydroxyl groups is 1. The normalized spacial score (nSPS) is 23.7. The minimum absolute atomic E-state index is 0.000718. The van der Waals surface area contributed by atoms with Crippen LogP contribution < -0.4 is 10.1 Å². The van der Waals surface area contributed by atoms with E-state index in [-0.39, 0.29) is 16.8 Å². The minimum Gasteiger partial charge on any atom is -0.512 e. The number of hydrogen-bond donors (Lipinski definition) is 2. The summed E-state index contributed by atoms with van der Waals surface area (Å²) in [5.74, 6) is 0.134. The van der Waals surface area contributed by atoms with Crippen molar-refractivity contribution in [2.45, 2.75) is 57.9 Å². The van der Waals surface area contributed by atoms with E-state index >= 15 is 0 Å². The number of piperidine rings is 1. The Bertz CT molecular complexity index is 708. The summed E-state index contributed by atoms with van der Waals surface area (Å²) in [5, 5.41) is 14.1. The first-order valence-corrected chi connectivity index (χ1v) is 11.0. The van der Waals surface area contributed by atoms with Crippen molar-refractivity contribution >= 4 is 0 Å². The van der Waals surface area contributed by atoms with Gasteiger partial charge in [0.05, 0.1) is 24.8 Å². The number of aromatic nitrogens is 2. The molecule has 1 saturated heterocycles. The van der Waals surface area contributed by atoms with Gasteiger partial charge in [0.25, 0.3) is 0 Å². The van der Waals surface area contributed by atoms with Gasteiger partial charge in [-0.05, 0) is 64.1 Å². The van der Waals surface area contributed by atoms with E-state index in [1.54, 1.807) is 0 Å². The lowest BCUT2D eigenvalue weighted by Gasteiger charge is -2.42. The Kier molecular flexibility index (Phi) is 6.06. The van der Waals surface area contributed by atoms with Crippen LogP contribution in [-0.4, -0.2) is 58.8 Å². The number of hydrogen-bond acceptors (Lipinski definition) is 6. The molecule has 2 heterocycles. The molecule has 1 aliphatic heterocycles. The highest BCUT2D eigenvalue weighted by Gasteiger charge is 2.48. The topological polar surface area (TPSA) is 70.5 Å². The highest BCUT2D eigenvalue weighted by molar-refractivity contribution is 5.16. The third-order valence-corrected chi connectivity index (χ3v) is 6.68. The Morgan fingerprint density at radius 2 is 1.97 bits per heavy atom. The van der Waals surface area contributed by atoms with E-state index in [0.717, 1.165) is 70.7 Å². The highest BCUT2D eigenvalue weighted by atomic mass is 19.1. The van der Waals surface area contributed by atoms with Gasteiger partial charge in [-0.2, -0.15) is 0 Å². The third kappa shape index (κ3) is 5.25. The maximum Gasteiger partial charge on any atom is 0.316 e. The van der Waals surface area contributed by atoms with E-state index in [9.17, 15) is 9.50 Å². The molecular weight excluding hydrogens is 371 g/mol. The van der Waals surface area contributed by atoms with Crippen LogP contribution in [0.5, 0.6) is 6.01 Å². The van der Waals surface area contributed by atoms with Crippen LogP contribution in [-0.2, 0) is 0 Å². The van der Waals surface area contributed by atoms with E-state index < -0.39 is 5.82 Å². The van der Waals surface area contributed by atoms with Crippen LogP contribution in [0.15, 0.2) is 24.2 Å². The quantitative estimate of drug-likeness (QED) is 0.582. The van der Waals surface area contributed by atoms with Crippen molar-refractivity contribution in [1.29, 1.82) is 0 Å². The van der Waals surface area contributed by atoms with E-state index in [2.05, 4.69) is 27.1 Å². The largest absolute Gasteiger partial charge is 0.512 e. The monoisotopic (exact) mass is 404 g/mol. The van der Waals surface area contributed by atoms with Crippen LogP contribution in [0, 0.1) is 16.6 Å². The molecule has 1 aromatic rings. The maximum absolute atomic E-state index is 13.0. The summed E-state index contributed by atoms with van der Waals surface area (Å²) >= 11 is 0. The summed E-state index contributed by atoms with van der Waals surface area (Å²) in [6.45, 7) is 6.49. The number of likely N-dealkylation sites (tertiary alicyclic amines) is 1. The zero-order valence-corrected chi connectivity index (χ0v) is 17.4. The van der Waals surface area contributed by atoms with Crippen LogP contribution in [0.1, 0.15) is 51.9 Å². The van der Waals surface area contributed by atoms with Crippen molar-refractivity contribution in [2.24, 2.45) is 10.8 Å². The van der Waals surface area contributed by atoms with Gasteiger partial charge in [-0.3, -0.25) is 0 Å². The maximum atomic E-state index is 13.0. The molecule has 2 saturated carbocycles. The van der Waals surface area contributed by atoms with Crippen molar-refractivity contribution in [2.75, 3.05) is 32.8 Å². The van der Waals surface area contributed by atoms with E-state index in [1.807, 2.05) is 6.08 Å². The average Bonchev–Trinajstić information content (AvgIpc) is 3.64. The second-order valence-electron chi connectivity index (χ2n) is 9.18. The van der Waals surface area contributed by atoms with Gasteiger partial charge >= 0.3 is 6.01 Å². The summed E-state index contributed by atoms with van der Waals surface area (Å²) < 4.78 is 18.9. The van der Waals surface area contributed by atoms with Gasteiger partial charge in [-0.1, -0.05) is 6.92 Å². The van der Waals surface area contributed by atoms with Crippen molar-refractivity contribution < 1.29 is 14.2 Å². The molecule has 0 unspecified atom stereocenters. The SMILES string of the molecule is CC/C=C(/O)C1(CN2CCC(CNC3CC3)(COc3ncc(F)cn3)CC2)CC1. The van der Waals surface area contributed by atoms with Gasteiger partial charge in [0.2, 0.25) is 0 Å². The van der Waals surface area contributed by atoms with Crippen LogP contribution >= 0.6 is 0 Å². The molecule has 0 radical (unpaired) electrons. The van der Waals surface area contributed by atoms with Gasteiger partial charge in [0.15, 0.2) is 5.82 Å². The predicted octanol–water partition coefficient (Wildman–Crippen LogP) is 3.46. The summed E-state index contributed by atoms with van der Waals surface area (Å²) in [7, 11) is 0. The van der Waals surface area contributed by atoms with E-state index in [1.165, 1.54) is 12.8 Å². The van der Waals surface area contributed by atoms with Crippen LogP contribution in [0.25, 0.3) is 0 Å². The van der Waals surface area contributed by atoms with Crippen LogP contribution in [0.2, 0.25) is 0 Å². The Morgan fingerprint density at radius 3 is 2.55 bits per heavy atom. The molecule has 2 N–H and O–H groups in total. The standard InChI is InChI=1S/C22H33FN4O2/c1-2-3-19(28)22(6-7-22)15-27-10-8-21(9-11-27,14-26-18-4-5-18)16-29-20-24-12-17(23)13-25-20/h3,12-13,18,26,28H,2,4-11,14-16H2,1H3/b19-3+. The van der Waals surface area contributed by atoms with Gasteiger partial charge in [0.1, 0.15) is 0 Å². The van der Waals surface area contributed by atoms with Gasteiger partial charge in [-0.25, -0.2) is 14.4 Å². The third-order valence-electron chi connectivity index (χ3n) is 6.68. The predicted molar refractivity (Wildman–Crippen MR) is 109 cm³/mol. The van der Waals surface area contributed by atoms with Crippen LogP contribution in [0.3, 0.4) is 0 Å². The number of halogens is 1. The van der Waals surface area contributed by atoms with Crippen molar-refractivity contribution in [3.8, 4) is 6.01 Å². The molecule has 0 aromatic carbocycles. The number of aliphatic hydroxyl groups excluding tert-OH is 1. The molecule has 7 heteroatoms. The van der Waals surface area contributed by atoms with E-state index in [0.29, 0.717) is 18.4 Å². The molecule has 3 fully saturated rings. The second-order valence-corrected chi connectivity index (χ2v) is 9.18. The molecule has 29 heavy (non-hydrogen) atoms. The Hall–Kier alpha value is -1.73. The minimum atomic E-state index is -0.454. The zero-order chi connectivity index (χ0) is 20.3. The Morgan fingerprint density at radius 1 is 1.28 bits per heavy atom. The molecule has 1 aromatic heterocycles. The van der Waals surface area contributed by atoms with Gasteiger partial charge < -0.3 is 20.1 Å². The summed E-state index contributed by atoms with van der Waals surface area (Å²) in [6, 6.07) is 0.893. The molecule has 0 spiro atoms. The van der Waals surface area contributed by atoms with Gasteiger partial charge in [0, 0.05) is 30.0 Å². The number of nitrogens with one attached hydrogen (secondary N) is 1. The molecule has 0 bridgehead atoms. The van der Waals surface area contributed by atoms with Crippen LogP contribution in [0.4, 0.5) is 4.39 Å². The summed E-state index contributed by atoms with van der Waals surface area (Å²) in [4.78, 5) is 10.4. The fraction of sp³-hybridized carbons (Fsp3) is 0.727. The first kappa shape index (κ1) is 20.5. The number of allylic oxidation sites excluding steroid dienone is 1. The fourth-order valence-electron chi connectivity index (χ4n) is 4.28.